The van der Waals surface area contributed by atoms with Gasteiger partial charge in [-0.2, -0.15) is 5.10 Å². The molecule has 1 heterocycles. The summed E-state index contributed by atoms with van der Waals surface area (Å²) in [6.45, 7) is 0. The molecule has 2 rings (SSSR count). The topological polar surface area (TPSA) is 52.5 Å². The van der Waals surface area contributed by atoms with Crippen LogP contribution in [-0.4, -0.2) is 11.7 Å². The van der Waals surface area contributed by atoms with E-state index < -0.39 is 0 Å². The van der Waals surface area contributed by atoms with Gasteiger partial charge in [-0.3, -0.25) is 0 Å². The first-order valence-electron chi connectivity index (χ1n) is 4.14. The normalized spacial score (nSPS) is 12.3. The highest BCUT2D eigenvalue weighted by Gasteiger charge is 2.07. The number of aryl methyl sites for hydroxylation is 1. The van der Waals surface area contributed by atoms with Gasteiger partial charge in [0, 0.05) is 7.05 Å². The monoisotopic (exact) mass is 209 g/mol. The Hall–Kier alpha value is -1.49. The van der Waals surface area contributed by atoms with E-state index in [1.54, 1.807) is 18.4 Å². The summed E-state index contributed by atoms with van der Waals surface area (Å²) in [5.41, 5.74) is 1.03. The van der Waals surface area contributed by atoms with Crippen LogP contribution in [0.1, 0.15) is 0 Å². The van der Waals surface area contributed by atoms with Gasteiger partial charge >= 0.3 is 0 Å². The highest BCUT2D eigenvalue weighted by Crippen LogP contribution is 2.26. The second-order valence-corrected chi connectivity index (χ2v) is 3.89. The zero-order valence-corrected chi connectivity index (χ0v) is 8.84. The Balaban J connectivity index is 2.93. The molecule has 0 bridgehead atoms. The number of methoxy groups -OCH3 is 1. The molecule has 2 aromatic rings. The van der Waals surface area contributed by atoms with Crippen molar-refractivity contribution in [2.45, 2.75) is 0 Å². The van der Waals surface area contributed by atoms with Crippen LogP contribution >= 0.6 is 11.3 Å². The molecule has 2 N–H and O–H groups in total. The van der Waals surface area contributed by atoms with Crippen LogP contribution in [0, 0.1) is 0 Å². The third kappa shape index (κ3) is 1.17. The number of rotatable bonds is 1. The number of nitrogens with two attached hydrogens (primary N) is 1. The van der Waals surface area contributed by atoms with Crippen LogP contribution in [0.5, 0.6) is 5.75 Å². The van der Waals surface area contributed by atoms with Crippen LogP contribution in [0.4, 0.5) is 0 Å². The molecule has 5 heteroatoms. The maximum absolute atomic E-state index is 5.28. The van der Waals surface area contributed by atoms with Gasteiger partial charge in [-0.05, 0) is 12.1 Å². The summed E-state index contributed by atoms with van der Waals surface area (Å²) in [6.07, 6.45) is 0. The molecule has 1 aromatic heterocycles. The van der Waals surface area contributed by atoms with E-state index in [1.165, 1.54) is 0 Å². The molecule has 0 aliphatic heterocycles. The first kappa shape index (κ1) is 9.08. The highest BCUT2D eigenvalue weighted by molar-refractivity contribution is 7.16. The predicted molar refractivity (Wildman–Crippen MR) is 57.1 cm³/mol. The van der Waals surface area contributed by atoms with Gasteiger partial charge in [0.25, 0.3) is 0 Å². The van der Waals surface area contributed by atoms with Gasteiger partial charge in [-0.15, -0.1) is 0 Å². The van der Waals surface area contributed by atoms with Crippen molar-refractivity contribution in [1.29, 1.82) is 0 Å². The number of thiazole rings is 1. The van der Waals surface area contributed by atoms with E-state index in [0.717, 1.165) is 20.8 Å². The highest BCUT2D eigenvalue weighted by atomic mass is 32.1. The minimum Gasteiger partial charge on any atom is -0.495 e. The van der Waals surface area contributed by atoms with E-state index in [0.29, 0.717) is 0 Å². The third-order valence-corrected chi connectivity index (χ3v) is 3.23. The Morgan fingerprint density at radius 3 is 2.93 bits per heavy atom. The summed E-state index contributed by atoms with van der Waals surface area (Å²) in [5, 5.41) is 3.71. The molecule has 1 aromatic carbocycles. The summed E-state index contributed by atoms with van der Waals surface area (Å²) in [4.78, 5) is 0.782. The minimum absolute atomic E-state index is 0.782. The Labute approximate surface area is 85.2 Å². The number of hydrogen-bond acceptors (Lipinski definition) is 4. The van der Waals surface area contributed by atoms with Gasteiger partial charge in [0.15, 0.2) is 0 Å². The number of nitrogens with zero attached hydrogens (tertiary/aromatic N) is 2. The lowest BCUT2D eigenvalue weighted by Crippen LogP contribution is -2.12. The van der Waals surface area contributed by atoms with Crippen LogP contribution in [0.3, 0.4) is 0 Å². The van der Waals surface area contributed by atoms with Crippen LogP contribution in [0.2, 0.25) is 0 Å². The smallest absolute Gasteiger partial charge is 0.208 e. The molecule has 0 aliphatic carbocycles. The fraction of sp³-hybridized carbons (Fsp3) is 0.222. The predicted octanol–water partition coefficient (Wildman–Crippen LogP) is 1.02. The molecule has 4 nitrogen and oxygen atoms in total. The summed E-state index contributed by atoms with van der Waals surface area (Å²) in [6, 6.07) is 5.91. The largest absolute Gasteiger partial charge is 0.495 e. The Morgan fingerprint density at radius 2 is 2.29 bits per heavy atom. The molecule has 0 saturated heterocycles. The number of fused-ring (bicyclic) bond motifs is 1. The zero-order chi connectivity index (χ0) is 10.1. The van der Waals surface area contributed by atoms with Gasteiger partial charge in [0.05, 0.1) is 11.8 Å². The van der Waals surface area contributed by atoms with Crippen molar-refractivity contribution in [3.63, 3.8) is 0 Å². The number of hydrogen-bond donors (Lipinski definition) is 1. The first-order valence-corrected chi connectivity index (χ1v) is 4.96. The van der Waals surface area contributed by atoms with Gasteiger partial charge < -0.3 is 15.1 Å². The molecule has 14 heavy (non-hydrogen) atoms. The molecule has 0 fully saturated rings. The molecule has 0 spiro atoms. The minimum atomic E-state index is 0.782. The quantitative estimate of drug-likeness (QED) is 0.563. The Kier molecular flexibility index (Phi) is 2.17. The van der Waals surface area contributed by atoms with Crippen molar-refractivity contribution in [3.05, 3.63) is 23.0 Å². The SMILES string of the molecule is COc1cccc2s/c(=N\N)n(C)c12. The second-order valence-electron chi connectivity index (χ2n) is 2.88. The van der Waals surface area contributed by atoms with Crippen LogP contribution in [0.15, 0.2) is 23.3 Å². The Morgan fingerprint density at radius 1 is 1.50 bits per heavy atom. The number of benzene rings is 1. The summed E-state index contributed by atoms with van der Waals surface area (Å²) in [5.74, 6) is 6.12. The standard InChI is InChI=1S/C9H11N3OS/c1-12-8-6(13-2)4-3-5-7(8)14-9(12)11-10/h3-5H,10H2,1-2H3/b11-9-. The molecular formula is C9H11N3OS. The lowest BCUT2D eigenvalue weighted by Gasteiger charge is -2.02. The Bertz CT molecular complexity index is 526. The molecule has 74 valence electrons. The number of ether oxygens (including phenoxy) is 1. The van der Waals surface area contributed by atoms with E-state index in [1.807, 2.05) is 29.8 Å². The van der Waals surface area contributed by atoms with Crippen molar-refractivity contribution in [2.24, 2.45) is 18.0 Å². The number of aromatic nitrogens is 1. The van der Waals surface area contributed by atoms with Crippen LogP contribution < -0.4 is 15.4 Å². The maximum Gasteiger partial charge on any atom is 0.208 e. The van der Waals surface area contributed by atoms with Crippen molar-refractivity contribution in [2.75, 3.05) is 7.11 Å². The first-order chi connectivity index (χ1) is 6.77. The lowest BCUT2D eigenvalue weighted by atomic mass is 10.3. The molecule has 0 saturated carbocycles. The van der Waals surface area contributed by atoms with Crippen LogP contribution in [-0.2, 0) is 7.05 Å². The van der Waals surface area contributed by atoms with Gasteiger partial charge in [0.2, 0.25) is 4.80 Å². The fourth-order valence-corrected chi connectivity index (χ4v) is 2.41. The van der Waals surface area contributed by atoms with Gasteiger partial charge in [0.1, 0.15) is 11.3 Å². The van der Waals surface area contributed by atoms with Gasteiger partial charge in [-0.1, -0.05) is 17.4 Å². The van der Waals surface area contributed by atoms with Crippen molar-refractivity contribution in [1.82, 2.24) is 4.57 Å². The zero-order valence-electron chi connectivity index (χ0n) is 8.02. The van der Waals surface area contributed by atoms with Crippen molar-refractivity contribution in [3.8, 4) is 5.75 Å². The van der Waals surface area contributed by atoms with Crippen molar-refractivity contribution >= 4 is 21.6 Å². The summed E-state index contributed by atoms with van der Waals surface area (Å²) in [7, 11) is 3.58. The summed E-state index contributed by atoms with van der Waals surface area (Å²) < 4.78 is 8.32. The fourth-order valence-electron chi connectivity index (χ4n) is 1.46. The molecule has 0 amide bonds. The number of para-hydroxylation sites is 1. The maximum atomic E-state index is 5.28. The molecular weight excluding hydrogens is 198 g/mol. The van der Waals surface area contributed by atoms with Crippen molar-refractivity contribution < 1.29 is 4.74 Å². The van der Waals surface area contributed by atoms with E-state index in [2.05, 4.69) is 5.10 Å². The van der Waals surface area contributed by atoms with E-state index in [-0.39, 0.29) is 0 Å². The third-order valence-electron chi connectivity index (χ3n) is 2.12. The second kappa shape index (κ2) is 3.34. The van der Waals surface area contributed by atoms with Gasteiger partial charge in [-0.25, -0.2) is 0 Å². The van der Waals surface area contributed by atoms with E-state index in [9.17, 15) is 0 Å². The average molecular weight is 209 g/mol. The molecule has 0 radical (unpaired) electrons. The van der Waals surface area contributed by atoms with Crippen LogP contribution in [0.25, 0.3) is 10.2 Å². The summed E-state index contributed by atoms with van der Waals surface area (Å²) >= 11 is 1.54. The molecule has 0 atom stereocenters. The van der Waals surface area contributed by atoms with E-state index in [4.69, 9.17) is 10.6 Å². The van der Waals surface area contributed by atoms with E-state index >= 15 is 0 Å². The lowest BCUT2D eigenvalue weighted by molar-refractivity contribution is 0.417. The molecule has 0 aliphatic rings. The molecule has 0 unspecified atom stereocenters. The average Bonchev–Trinajstić information content (AvgIpc) is 2.55.